The van der Waals surface area contributed by atoms with Crippen molar-refractivity contribution in [2.45, 2.75) is 32.4 Å². The minimum absolute atomic E-state index is 0.163. The maximum Gasteiger partial charge on any atom is 0.320 e. The second-order valence-corrected chi connectivity index (χ2v) is 3.88. The molecule has 0 aromatic heterocycles. The van der Waals surface area contributed by atoms with E-state index in [0.29, 0.717) is 12.0 Å². The molecule has 3 N–H and O–H groups in total. The largest absolute Gasteiger partial charge is 0.508 e. The van der Waals surface area contributed by atoms with Gasteiger partial charge in [-0.05, 0) is 24.1 Å². The Kier molecular flexibility index (Phi) is 4.90. The molecule has 0 bridgehead atoms. The summed E-state index contributed by atoms with van der Waals surface area (Å²) in [4.78, 5) is 10.9. The number of aromatic hydroxyl groups is 1. The Labute approximate surface area is 99.1 Å². The van der Waals surface area contributed by atoms with Crippen molar-refractivity contribution in [3.8, 4) is 5.75 Å². The zero-order valence-corrected chi connectivity index (χ0v) is 9.61. The van der Waals surface area contributed by atoms with E-state index < -0.39 is 17.8 Å². The highest BCUT2D eigenvalue weighted by atomic mass is 19.1. The molecular formula is C12H16FNO3. The summed E-state index contributed by atoms with van der Waals surface area (Å²) in [5.41, 5.74) is 0.518. The molecule has 0 aliphatic carbocycles. The van der Waals surface area contributed by atoms with Crippen LogP contribution in [-0.2, 0) is 11.3 Å². The molecule has 0 heterocycles. The van der Waals surface area contributed by atoms with E-state index in [-0.39, 0.29) is 12.3 Å². The van der Waals surface area contributed by atoms with Crippen molar-refractivity contribution < 1.29 is 19.4 Å². The van der Waals surface area contributed by atoms with Crippen molar-refractivity contribution in [1.29, 1.82) is 0 Å². The van der Waals surface area contributed by atoms with Crippen LogP contribution in [0.3, 0.4) is 0 Å². The average Bonchev–Trinajstić information content (AvgIpc) is 2.22. The molecular weight excluding hydrogens is 225 g/mol. The van der Waals surface area contributed by atoms with Crippen molar-refractivity contribution in [2.24, 2.45) is 0 Å². The highest BCUT2D eigenvalue weighted by Crippen LogP contribution is 2.14. The highest BCUT2D eigenvalue weighted by molar-refractivity contribution is 5.73. The van der Waals surface area contributed by atoms with Gasteiger partial charge < -0.3 is 15.5 Å². The van der Waals surface area contributed by atoms with Gasteiger partial charge in [-0.15, -0.1) is 0 Å². The number of carbonyl (C=O) groups is 1. The second-order valence-electron chi connectivity index (χ2n) is 3.88. The van der Waals surface area contributed by atoms with Crippen LogP contribution < -0.4 is 5.32 Å². The summed E-state index contributed by atoms with van der Waals surface area (Å²) in [7, 11) is 0. The van der Waals surface area contributed by atoms with Gasteiger partial charge in [-0.25, -0.2) is 4.39 Å². The molecule has 1 aromatic carbocycles. The van der Waals surface area contributed by atoms with E-state index in [2.05, 4.69) is 5.32 Å². The van der Waals surface area contributed by atoms with Crippen LogP contribution in [0.2, 0.25) is 0 Å². The summed E-state index contributed by atoms with van der Waals surface area (Å²) in [6.45, 7) is 2.11. The summed E-state index contributed by atoms with van der Waals surface area (Å²) in [6.07, 6.45) is 1.26. The third-order valence-electron chi connectivity index (χ3n) is 2.37. The zero-order chi connectivity index (χ0) is 12.8. The Morgan fingerprint density at radius 2 is 2.18 bits per heavy atom. The van der Waals surface area contributed by atoms with E-state index in [1.807, 2.05) is 6.92 Å². The van der Waals surface area contributed by atoms with Gasteiger partial charge in [0, 0.05) is 12.6 Å². The topological polar surface area (TPSA) is 69.6 Å². The maximum absolute atomic E-state index is 13.0. The van der Waals surface area contributed by atoms with Crippen LogP contribution >= 0.6 is 0 Å². The lowest BCUT2D eigenvalue weighted by atomic mass is 10.1. The molecule has 17 heavy (non-hydrogen) atoms. The van der Waals surface area contributed by atoms with E-state index in [1.54, 1.807) is 0 Å². The number of phenols is 1. The molecule has 4 nitrogen and oxygen atoms in total. The predicted molar refractivity (Wildman–Crippen MR) is 61.2 cm³/mol. The molecule has 0 spiro atoms. The number of carboxylic acid groups (broad SMARTS) is 1. The van der Waals surface area contributed by atoms with Gasteiger partial charge in [-0.1, -0.05) is 13.3 Å². The molecule has 94 valence electrons. The standard InChI is InChI=1S/C12H16FNO3/c1-2-3-11(12(16)17)14-7-8-4-9(13)6-10(15)5-8/h4-6,11,14-15H,2-3,7H2,1H3,(H,16,17). The van der Waals surface area contributed by atoms with E-state index >= 15 is 0 Å². The van der Waals surface area contributed by atoms with Crippen molar-refractivity contribution in [1.82, 2.24) is 5.32 Å². The molecule has 0 saturated heterocycles. The van der Waals surface area contributed by atoms with E-state index in [0.717, 1.165) is 12.5 Å². The van der Waals surface area contributed by atoms with E-state index in [4.69, 9.17) is 5.11 Å². The molecule has 1 rings (SSSR count). The third-order valence-corrected chi connectivity index (χ3v) is 2.37. The summed E-state index contributed by atoms with van der Waals surface area (Å²) in [5.74, 6) is -1.62. The van der Waals surface area contributed by atoms with Crippen LogP contribution in [0.25, 0.3) is 0 Å². The van der Waals surface area contributed by atoms with Crippen LogP contribution in [0, 0.1) is 5.82 Å². The van der Waals surface area contributed by atoms with Gasteiger partial charge in [0.1, 0.15) is 17.6 Å². The minimum atomic E-state index is -0.924. The van der Waals surface area contributed by atoms with Crippen LogP contribution in [0.15, 0.2) is 18.2 Å². The number of carboxylic acids is 1. The van der Waals surface area contributed by atoms with Gasteiger partial charge in [-0.2, -0.15) is 0 Å². The van der Waals surface area contributed by atoms with E-state index in [1.165, 1.54) is 12.1 Å². The lowest BCUT2D eigenvalue weighted by molar-refractivity contribution is -0.139. The van der Waals surface area contributed by atoms with Crippen molar-refractivity contribution in [3.05, 3.63) is 29.6 Å². The number of nitrogens with one attached hydrogen (secondary N) is 1. The lowest BCUT2D eigenvalue weighted by Crippen LogP contribution is -2.35. The maximum atomic E-state index is 13.0. The summed E-state index contributed by atoms with van der Waals surface area (Å²) < 4.78 is 13.0. The normalized spacial score (nSPS) is 12.4. The molecule has 1 aromatic rings. The summed E-state index contributed by atoms with van der Waals surface area (Å²) >= 11 is 0. The zero-order valence-electron chi connectivity index (χ0n) is 9.61. The Bertz CT molecular complexity index is 375. The first-order valence-electron chi connectivity index (χ1n) is 5.47. The minimum Gasteiger partial charge on any atom is -0.508 e. The Balaban J connectivity index is 2.61. The number of hydrogen-bond acceptors (Lipinski definition) is 3. The first-order valence-corrected chi connectivity index (χ1v) is 5.47. The van der Waals surface area contributed by atoms with Crippen LogP contribution in [0.5, 0.6) is 5.75 Å². The number of rotatable bonds is 6. The predicted octanol–water partition coefficient (Wildman–Crippen LogP) is 1.87. The van der Waals surface area contributed by atoms with Gasteiger partial charge in [0.25, 0.3) is 0 Å². The van der Waals surface area contributed by atoms with Crippen LogP contribution in [0.1, 0.15) is 25.3 Å². The Hall–Kier alpha value is -1.62. The number of aliphatic carboxylic acids is 1. The molecule has 0 saturated carbocycles. The molecule has 5 heteroatoms. The lowest BCUT2D eigenvalue weighted by Gasteiger charge is -2.13. The summed E-state index contributed by atoms with van der Waals surface area (Å²) in [5, 5.41) is 20.9. The fraction of sp³-hybridized carbons (Fsp3) is 0.417. The third kappa shape index (κ3) is 4.40. The van der Waals surface area contributed by atoms with Crippen LogP contribution in [0.4, 0.5) is 4.39 Å². The fourth-order valence-electron chi connectivity index (χ4n) is 1.58. The fourth-order valence-corrected chi connectivity index (χ4v) is 1.58. The smallest absolute Gasteiger partial charge is 0.320 e. The quantitative estimate of drug-likeness (QED) is 0.711. The molecule has 0 radical (unpaired) electrons. The number of phenolic OH excluding ortho intramolecular Hbond substituents is 1. The van der Waals surface area contributed by atoms with Gasteiger partial charge in [0.15, 0.2) is 0 Å². The molecule has 1 unspecified atom stereocenters. The SMILES string of the molecule is CCCC(NCc1cc(O)cc(F)c1)C(=O)O. The average molecular weight is 241 g/mol. The summed E-state index contributed by atoms with van der Waals surface area (Å²) in [6, 6.07) is 3.02. The molecule has 0 fully saturated rings. The first kappa shape index (κ1) is 13.4. The monoisotopic (exact) mass is 241 g/mol. The first-order chi connectivity index (χ1) is 8.02. The Morgan fingerprint density at radius 3 is 2.71 bits per heavy atom. The van der Waals surface area contributed by atoms with E-state index in [9.17, 15) is 14.3 Å². The van der Waals surface area contributed by atoms with Gasteiger partial charge in [0.05, 0.1) is 0 Å². The number of benzene rings is 1. The van der Waals surface area contributed by atoms with Crippen molar-refractivity contribution in [3.63, 3.8) is 0 Å². The molecule has 1 atom stereocenters. The van der Waals surface area contributed by atoms with Gasteiger partial charge in [-0.3, -0.25) is 4.79 Å². The molecule has 0 aliphatic rings. The second kappa shape index (κ2) is 6.20. The highest BCUT2D eigenvalue weighted by Gasteiger charge is 2.15. The number of halogens is 1. The Morgan fingerprint density at radius 1 is 1.47 bits per heavy atom. The molecule has 0 aliphatic heterocycles. The van der Waals surface area contributed by atoms with Gasteiger partial charge in [0.2, 0.25) is 0 Å². The number of hydrogen-bond donors (Lipinski definition) is 3. The van der Waals surface area contributed by atoms with Crippen LogP contribution in [-0.4, -0.2) is 22.2 Å². The van der Waals surface area contributed by atoms with Gasteiger partial charge >= 0.3 is 5.97 Å². The van der Waals surface area contributed by atoms with Crippen molar-refractivity contribution in [2.75, 3.05) is 0 Å². The molecule has 0 amide bonds. The van der Waals surface area contributed by atoms with Crippen molar-refractivity contribution >= 4 is 5.97 Å².